The number of benzene rings is 4. The van der Waals surface area contributed by atoms with E-state index < -0.39 is 6.04 Å². The summed E-state index contributed by atoms with van der Waals surface area (Å²) >= 11 is 0. The molecule has 1 aromatic heterocycles. The van der Waals surface area contributed by atoms with Gasteiger partial charge in [0.2, 0.25) is 5.95 Å². The number of amides is 1. The summed E-state index contributed by atoms with van der Waals surface area (Å²) in [5.74, 6) is 1.54. The highest BCUT2D eigenvalue weighted by molar-refractivity contribution is 6.06. The van der Waals surface area contributed by atoms with Crippen molar-refractivity contribution in [2.45, 2.75) is 19.9 Å². The quantitative estimate of drug-likeness (QED) is 0.294. The van der Waals surface area contributed by atoms with E-state index in [9.17, 15) is 4.79 Å². The zero-order valence-corrected chi connectivity index (χ0v) is 21.4. The van der Waals surface area contributed by atoms with E-state index >= 15 is 0 Å². The van der Waals surface area contributed by atoms with Crippen LogP contribution in [0.4, 0.5) is 11.6 Å². The Bertz CT molecular complexity index is 1710. The number of anilines is 2. The molecule has 0 radical (unpaired) electrons. The number of methoxy groups -OCH3 is 1. The summed E-state index contributed by atoms with van der Waals surface area (Å²) < 4.78 is 7.27. The van der Waals surface area contributed by atoms with Crippen molar-refractivity contribution in [3.05, 3.63) is 113 Å². The molecule has 0 saturated heterocycles. The molecule has 38 heavy (non-hydrogen) atoms. The van der Waals surface area contributed by atoms with Gasteiger partial charge in [-0.2, -0.15) is 4.98 Å². The fourth-order valence-corrected chi connectivity index (χ4v) is 5.07. The number of nitrogens with zero attached hydrogens (tertiary/aromatic N) is 3. The fraction of sp³-hybridized carbons (Fsp3) is 0.129. The molecule has 0 aliphatic carbocycles. The molecule has 1 amide bonds. The number of para-hydroxylation sites is 2. The molecule has 2 N–H and O–H groups in total. The smallest absolute Gasteiger partial charge is 0.255 e. The molecule has 7 nitrogen and oxygen atoms in total. The van der Waals surface area contributed by atoms with Gasteiger partial charge < -0.3 is 15.4 Å². The molecular weight excluding hydrogens is 474 g/mol. The molecule has 1 atom stereocenters. The molecule has 0 spiro atoms. The second kappa shape index (κ2) is 9.52. The molecule has 7 heteroatoms. The van der Waals surface area contributed by atoms with Crippen LogP contribution in [0.1, 0.15) is 24.1 Å². The second-order valence-corrected chi connectivity index (χ2v) is 9.37. The number of ether oxygens (including phenoxy) is 1. The molecule has 188 valence electrons. The fourth-order valence-electron chi connectivity index (χ4n) is 5.07. The monoisotopic (exact) mass is 501 g/mol. The third kappa shape index (κ3) is 4.08. The summed E-state index contributed by atoms with van der Waals surface area (Å²) in [6.07, 6.45) is 0. The van der Waals surface area contributed by atoms with E-state index in [0.717, 1.165) is 27.5 Å². The minimum absolute atomic E-state index is 0.237. The summed E-state index contributed by atoms with van der Waals surface area (Å²) in [7, 11) is 1.59. The Morgan fingerprint density at radius 3 is 2.55 bits per heavy atom. The van der Waals surface area contributed by atoms with Crippen LogP contribution in [-0.4, -0.2) is 27.8 Å². The molecule has 4 aromatic carbocycles. The number of carbonyl (C=O) groups excluding carboxylic acids is 1. The van der Waals surface area contributed by atoms with Gasteiger partial charge >= 0.3 is 0 Å². The van der Waals surface area contributed by atoms with Crippen LogP contribution in [-0.2, 0) is 4.79 Å². The Morgan fingerprint density at radius 1 is 0.947 bits per heavy atom. The SMILES string of the molecule is COc1ccccc1NC(=O)C1=C(C)Nc2nc(-c3cccc4ccccc34)nn2C1c1cccc(C)c1. The lowest BCUT2D eigenvalue weighted by atomic mass is 9.94. The van der Waals surface area contributed by atoms with Crippen molar-refractivity contribution < 1.29 is 9.53 Å². The van der Waals surface area contributed by atoms with E-state index in [1.165, 1.54) is 0 Å². The van der Waals surface area contributed by atoms with Crippen molar-refractivity contribution in [1.29, 1.82) is 0 Å². The van der Waals surface area contributed by atoms with E-state index in [1.807, 2.05) is 85.3 Å². The van der Waals surface area contributed by atoms with Gasteiger partial charge in [0.1, 0.15) is 11.8 Å². The lowest BCUT2D eigenvalue weighted by molar-refractivity contribution is -0.113. The normalized spacial score (nSPS) is 14.7. The summed E-state index contributed by atoms with van der Waals surface area (Å²) in [6, 6.07) is 29.4. The van der Waals surface area contributed by atoms with Crippen LogP contribution >= 0.6 is 0 Å². The molecule has 5 aromatic rings. The summed E-state index contributed by atoms with van der Waals surface area (Å²) in [4.78, 5) is 18.7. The topological polar surface area (TPSA) is 81.1 Å². The van der Waals surface area contributed by atoms with Gasteiger partial charge in [0, 0.05) is 11.3 Å². The van der Waals surface area contributed by atoms with Crippen molar-refractivity contribution in [1.82, 2.24) is 14.8 Å². The number of aryl methyl sites for hydroxylation is 1. The van der Waals surface area contributed by atoms with E-state index in [0.29, 0.717) is 34.5 Å². The van der Waals surface area contributed by atoms with Gasteiger partial charge in [-0.05, 0) is 42.3 Å². The Labute approximate surface area is 220 Å². The Balaban J connectivity index is 1.48. The van der Waals surface area contributed by atoms with Gasteiger partial charge in [0.15, 0.2) is 5.82 Å². The summed E-state index contributed by atoms with van der Waals surface area (Å²) in [6.45, 7) is 3.94. The average molecular weight is 502 g/mol. The maximum Gasteiger partial charge on any atom is 0.255 e. The van der Waals surface area contributed by atoms with Crippen molar-refractivity contribution in [2.24, 2.45) is 0 Å². The molecule has 1 unspecified atom stereocenters. The molecule has 0 fully saturated rings. The van der Waals surface area contributed by atoms with Gasteiger partial charge in [-0.1, -0.05) is 84.4 Å². The van der Waals surface area contributed by atoms with Crippen molar-refractivity contribution in [3.8, 4) is 17.1 Å². The second-order valence-electron chi connectivity index (χ2n) is 9.37. The minimum atomic E-state index is -0.475. The van der Waals surface area contributed by atoms with Gasteiger partial charge in [0.25, 0.3) is 5.91 Å². The lowest BCUT2D eigenvalue weighted by Crippen LogP contribution is -2.31. The highest BCUT2D eigenvalue weighted by Gasteiger charge is 2.35. The largest absolute Gasteiger partial charge is 0.495 e. The number of rotatable bonds is 5. The van der Waals surface area contributed by atoms with E-state index in [1.54, 1.807) is 7.11 Å². The molecular formula is C31H27N5O2. The van der Waals surface area contributed by atoms with Gasteiger partial charge in [-0.25, -0.2) is 4.68 Å². The average Bonchev–Trinajstić information content (AvgIpc) is 3.35. The van der Waals surface area contributed by atoms with E-state index in [4.69, 9.17) is 14.8 Å². The highest BCUT2D eigenvalue weighted by Crippen LogP contribution is 2.38. The van der Waals surface area contributed by atoms with Crippen LogP contribution in [0, 0.1) is 6.92 Å². The number of hydrogen-bond donors (Lipinski definition) is 2. The molecule has 1 aliphatic rings. The van der Waals surface area contributed by atoms with Crippen LogP contribution in [0.25, 0.3) is 22.2 Å². The van der Waals surface area contributed by atoms with Crippen molar-refractivity contribution >= 4 is 28.3 Å². The molecule has 0 saturated carbocycles. The number of aromatic nitrogens is 3. The number of allylic oxidation sites excluding steroid dienone is 1. The number of carbonyl (C=O) groups is 1. The van der Waals surface area contributed by atoms with Crippen LogP contribution in [0.3, 0.4) is 0 Å². The minimum Gasteiger partial charge on any atom is -0.495 e. The zero-order valence-electron chi connectivity index (χ0n) is 21.4. The zero-order chi connectivity index (χ0) is 26.2. The first-order valence-electron chi connectivity index (χ1n) is 12.5. The first kappa shape index (κ1) is 23.5. The summed E-state index contributed by atoms with van der Waals surface area (Å²) in [5, 5.41) is 13.5. The van der Waals surface area contributed by atoms with Crippen LogP contribution in [0.15, 0.2) is 102 Å². The number of hydrogen-bond acceptors (Lipinski definition) is 5. The van der Waals surface area contributed by atoms with Gasteiger partial charge in [-0.3, -0.25) is 4.79 Å². The predicted molar refractivity (Wildman–Crippen MR) is 150 cm³/mol. The number of nitrogens with one attached hydrogen (secondary N) is 2. The molecule has 2 heterocycles. The Kier molecular flexibility index (Phi) is 5.88. The lowest BCUT2D eigenvalue weighted by Gasteiger charge is -2.29. The van der Waals surface area contributed by atoms with Gasteiger partial charge in [-0.15, -0.1) is 5.10 Å². The van der Waals surface area contributed by atoms with Crippen molar-refractivity contribution in [3.63, 3.8) is 0 Å². The van der Waals surface area contributed by atoms with Crippen LogP contribution in [0.2, 0.25) is 0 Å². The Morgan fingerprint density at radius 2 is 1.71 bits per heavy atom. The van der Waals surface area contributed by atoms with E-state index in [-0.39, 0.29) is 5.91 Å². The maximum atomic E-state index is 13.9. The first-order chi connectivity index (χ1) is 18.5. The van der Waals surface area contributed by atoms with Crippen LogP contribution in [0.5, 0.6) is 5.75 Å². The van der Waals surface area contributed by atoms with E-state index in [2.05, 4.69) is 34.9 Å². The predicted octanol–water partition coefficient (Wildman–Crippen LogP) is 6.34. The molecule has 0 bridgehead atoms. The van der Waals surface area contributed by atoms with Crippen molar-refractivity contribution in [2.75, 3.05) is 17.7 Å². The Hall–Kier alpha value is -4.91. The van der Waals surface area contributed by atoms with Gasteiger partial charge in [0.05, 0.1) is 18.4 Å². The standard InChI is InChI=1S/C31H27N5O2/c1-19-10-8-13-22(18-19)28-27(30(37)33-25-16-6-7-17-26(25)38-3)20(2)32-31-34-29(35-36(28)31)24-15-9-12-21-11-4-5-14-23(21)24/h4-18,28H,1-3H3,(H,33,37)(H,32,34,35). The molecule has 1 aliphatic heterocycles. The third-order valence-corrected chi connectivity index (χ3v) is 6.84. The molecule has 6 rings (SSSR count). The summed E-state index contributed by atoms with van der Waals surface area (Å²) in [5.41, 5.74) is 4.86. The maximum absolute atomic E-state index is 13.9. The highest BCUT2D eigenvalue weighted by atomic mass is 16.5. The van der Waals surface area contributed by atoms with Crippen LogP contribution < -0.4 is 15.4 Å². The third-order valence-electron chi connectivity index (χ3n) is 6.84. The first-order valence-corrected chi connectivity index (χ1v) is 12.5. The number of fused-ring (bicyclic) bond motifs is 2.